The van der Waals surface area contributed by atoms with Crippen LogP contribution < -0.4 is 15.8 Å². The van der Waals surface area contributed by atoms with Gasteiger partial charge in [-0.2, -0.15) is 0 Å². The molecule has 1 aromatic carbocycles. The molecule has 160 valence electrons. The summed E-state index contributed by atoms with van der Waals surface area (Å²) in [5.74, 6) is 0.861. The molecule has 1 aromatic heterocycles. The van der Waals surface area contributed by atoms with Gasteiger partial charge in [0.1, 0.15) is 0 Å². The van der Waals surface area contributed by atoms with Crippen LogP contribution in [-0.2, 0) is 11.3 Å². The van der Waals surface area contributed by atoms with E-state index in [0.29, 0.717) is 17.7 Å². The van der Waals surface area contributed by atoms with Gasteiger partial charge in [0.25, 0.3) is 5.56 Å². The van der Waals surface area contributed by atoms with Gasteiger partial charge in [0, 0.05) is 57.4 Å². The molecule has 0 spiro atoms. The predicted molar refractivity (Wildman–Crippen MR) is 118 cm³/mol. The molecule has 1 unspecified atom stereocenters. The van der Waals surface area contributed by atoms with Crippen LogP contribution in [0.15, 0.2) is 29.3 Å². The Kier molecular flexibility index (Phi) is 5.46. The van der Waals surface area contributed by atoms with Crippen LogP contribution in [0.3, 0.4) is 0 Å². The lowest BCUT2D eigenvalue weighted by molar-refractivity contribution is -0.121. The van der Waals surface area contributed by atoms with Crippen LogP contribution in [0.5, 0.6) is 0 Å². The third-order valence-corrected chi connectivity index (χ3v) is 6.75. The zero-order valence-corrected chi connectivity index (χ0v) is 17.6. The number of rotatable bonds is 5. The SMILES string of the molecule is O=C1CCCCC(CN2CCN(c3ccc4c(=O)n(CC5CC5)cnc4c3)CC2)N1. The standard InChI is InChI=1S/C23H31N5O2/c29-22-4-2-1-3-18(25-22)15-26-9-11-27(12-10-26)19-7-8-20-21(13-19)24-16-28(23(20)30)14-17-5-6-17/h7-8,13,16-18H,1-6,9-12,14-15H2,(H,25,29). The molecule has 2 saturated heterocycles. The third kappa shape index (κ3) is 4.36. The van der Waals surface area contributed by atoms with Gasteiger partial charge in [-0.1, -0.05) is 6.42 Å². The molecule has 2 aromatic rings. The largest absolute Gasteiger partial charge is 0.369 e. The number of piperazine rings is 1. The molecule has 5 rings (SSSR count). The topological polar surface area (TPSA) is 70.5 Å². The zero-order valence-electron chi connectivity index (χ0n) is 17.6. The second kappa shape index (κ2) is 8.38. The predicted octanol–water partition coefficient (Wildman–Crippen LogP) is 1.99. The van der Waals surface area contributed by atoms with Crippen molar-refractivity contribution >= 4 is 22.5 Å². The summed E-state index contributed by atoms with van der Waals surface area (Å²) in [5, 5.41) is 3.89. The number of amides is 1. The van der Waals surface area contributed by atoms with E-state index in [1.165, 1.54) is 12.8 Å². The van der Waals surface area contributed by atoms with Gasteiger partial charge in [0.2, 0.25) is 5.91 Å². The minimum Gasteiger partial charge on any atom is -0.369 e. The molecule has 1 atom stereocenters. The first-order valence-corrected chi connectivity index (χ1v) is 11.4. The van der Waals surface area contributed by atoms with Crippen LogP contribution in [0, 0.1) is 5.92 Å². The summed E-state index contributed by atoms with van der Waals surface area (Å²) in [7, 11) is 0. The van der Waals surface area contributed by atoms with Crippen LogP contribution in [0.1, 0.15) is 38.5 Å². The number of carbonyl (C=O) groups is 1. The van der Waals surface area contributed by atoms with Gasteiger partial charge in [-0.05, 0) is 49.8 Å². The van der Waals surface area contributed by atoms with Crippen molar-refractivity contribution in [1.29, 1.82) is 0 Å². The average molecular weight is 410 g/mol. The van der Waals surface area contributed by atoms with Crippen LogP contribution in [0.2, 0.25) is 0 Å². The first kappa shape index (κ1) is 19.5. The summed E-state index contributed by atoms with van der Waals surface area (Å²) in [5.41, 5.74) is 2.00. The van der Waals surface area contributed by atoms with E-state index in [-0.39, 0.29) is 17.5 Å². The molecule has 7 heteroatoms. The van der Waals surface area contributed by atoms with Gasteiger partial charge in [0.15, 0.2) is 0 Å². The highest BCUT2D eigenvalue weighted by molar-refractivity contribution is 5.81. The maximum atomic E-state index is 12.7. The van der Waals surface area contributed by atoms with Gasteiger partial charge < -0.3 is 10.2 Å². The van der Waals surface area contributed by atoms with Crippen molar-refractivity contribution in [1.82, 2.24) is 19.8 Å². The normalized spacial score (nSPS) is 23.4. The van der Waals surface area contributed by atoms with Gasteiger partial charge in [0.05, 0.1) is 17.2 Å². The highest BCUT2D eigenvalue weighted by Gasteiger charge is 2.24. The molecule has 30 heavy (non-hydrogen) atoms. The van der Waals surface area contributed by atoms with Crippen LogP contribution in [0.25, 0.3) is 10.9 Å². The Morgan fingerprint density at radius 1 is 1.00 bits per heavy atom. The average Bonchev–Trinajstić information content (AvgIpc) is 3.59. The van der Waals surface area contributed by atoms with E-state index >= 15 is 0 Å². The van der Waals surface area contributed by atoms with Crippen LogP contribution in [-0.4, -0.2) is 59.1 Å². The Hall–Kier alpha value is -2.41. The molecule has 3 aliphatic rings. The summed E-state index contributed by atoms with van der Waals surface area (Å²) in [4.78, 5) is 34.0. The molecule has 1 aliphatic carbocycles. The molecule has 1 amide bonds. The van der Waals surface area contributed by atoms with Crippen molar-refractivity contribution < 1.29 is 4.79 Å². The molecule has 0 bridgehead atoms. The highest BCUT2D eigenvalue weighted by atomic mass is 16.1. The van der Waals surface area contributed by atoms with E-state index < -0.39 is 0 Å². The molecule has 3 heterocycles. The molecular weight excluding hydrogens is 378 g/mol. The molecule has 1 saturated carbocycles. The summed E-state index contributed by atoms with van der Waals surface area (Å²) < 4.78 is 1.77. The smallest absolute Gasteiger partial charge is 0.261 e. The van der Waals surface area contributed by atoms with Crippen molar-refractivity contribution in [3.8, 4) is 0 Å². The van der Waals surface area contributed by atoms with E-state index in [2.05, 4.69) is 32.2 Å². The van der Waals surface area contributed by atoms with E-state index in [1.54, 1.807) is 10.9 Å². The maximum Gasteiger partial charge on any atom is 0.261 e. The van der Waals surface area contributed by atoms with E-state index in [0.717, 1.165) is 69.7 Å². The lowest BCUT2D eigenvalue weighted by atomic mass is 10.1. The van der Waals surface area contributed by atoms with Gasteiger partial charge in [-0.3, -0.25) is 19.1 Å². The molecule has 1 N–H and O–H groups in total. The minimum absolute atomic E-state index is 0.0775. The lowest BCUT2D eigenvalue weighted by Crippen LogP contribution is -2.51. The number of anilines is 1. The van der Waals surface area contributed by atoms with Crippen molar-refractivity contribution in [2.24, 2.45) is 5.92 Å². The summed E-state index contributed by atoms with van der Waals surface area (Å²) in [6.07, 6.45) is 8.07. The Morgan fingerprint density at radius 2 is 1.83 bits per heavy atom. The lowest BCUT2D eigenvalue weighted by Gasteiger charge is -2.37. The Balaban J connectivity index is 1.22. The molecule has 0 radical (unpaired) electrons. The highest BCUT2D eigenvalue weighted by Crippen LogP contribution is 2.30. The van der Waals surface area contributed by atoms with Gasteiger partial charge in [-0.15, -0.1) is 0 Å². The molecule has 3 fully saturated rings. The second-order valence-corrected chi connectivity index (χ2v) is 9.14. The molecular formula is C23H31N5O2. The fourth-order valence-corrected chi connectivity index (χ4v) is 4.74. The van der Waals surface area contributed by atoms with Crippen molar-refractivity contribution in [2.75, 3.05) is 37.6 Å². The zero-order chi connectivity index (χ0) is 20.5. The van der Waals surface area contributed by atoms with Crippen molar-refractivity contribution in [2.45, 2.75) is 51.1 Å². The summed E-state index contributed by atoms with van der Waals surface area (Å²) in [6, 6.07) is 6.35. The van der Waals surface area contributed by atoms with Gasteiger partial charge >= 0.3 is 0 Å². The monoisotopic (exact) mass is 409 g/mol. The first-order chi connectivity index (χ1) is 14.7. The Bertz CT molecular complexity index is 975. The van der Waals surface area contributed by atoms with Crippen molar-refractivity contribution in [3.05, 3.63) is 34.9 Å². The fraction of sp³-hybridized carbons (Fsp3) is 0.609. The Labute approximate surface area is 177 Å². The number of nitrogens with zero attached hydrogens (tertiary/aromatic N) is 4. The number of nitrogens with one attached hydrogen (secondary N) is 1. The fourth-order valence-electron chi connectivity index (χ4n) is 4.74. The van der Waals surface area contributed by atoms with Crippen LogP contribution in [0.4, 0.5) is 5.69 Å². The second-order valence-electron chi connectivity index (χ2n) is 9.14. The first-order valence-electron chi connectivity index (χ1n) is 11.4. The third-order valence-electron chi connectivity index (χ3n) is 6.75. The minimum atomic E-state index is 0.0775. The van der Waals surface area contributed by atoms with Crippen molar-refractivity contribution in [3.63, 3.8) is 0 Å². The maximum absolute atomic E-state index is 12.7. The molecule has 7 nitrogen and oxygen atoms in total. The Morgan fingerprint density at radius 3 is 2.63 bits per heavy atom. The number of carbonyl (C=O) groups excluding carboxylic acids is 1. The van der Waals surface area contributed by atoms with E-state index in [9.17, 15) is 9.59 Å². The van der Waals surface area contributed by atoms with E-state index in [4.69, 9.17) is 0 Å². The quantitative estimate of drug-likeness (QED) is 0.818. The summed E-state index contributed by atoms with van der Waals surface area (Å²) >= 11 is 0. The summed E-state index contributed by atoms with van der Waals surface area (Å²) in [6.45, 7) is 5.61. The van der Waals surface area contributed by atoms with Crippen LogP contribution >= 0.6 is 0 Å². The number of fused-ring (bicyclic) bond motifs is 1. The van der Waals surface area contributed by atoms with Gasteiger partial charge in [-0.25, -0.2) is 4.98 Å². The number of hydrogen-bond donors (Lipinski definition) is 1. The molecule has 2 aliphatic heterocycles. The number of aromatic nitrogens is 2. The van der Waals surface area contributed by atoms with E-state index in [1.807, 2.05) is 6.07 Å². The number of benzene rings is 1. The number of hydrogen-bond acceptors (Lipinski definition) is 5.